The van der Waals surface area contributed by atoms with Gasteiger partial charge < -0.3 is 10.2 Å². The fraction of sp³-hybridized carbons (Fsp3) is 0.250. The summed E-state index contributed by atoms with van der Waals surface area (Å²) in [6, 6.07) is 0. The highest BCUT2D eigenvalue weighted by Crippen LogP contribution is 1.85. The number of aliphatic hydroxyl groups excluding tert-OH is 1. The molecule has 0 bridgehead atoms. The third kappa shape index (κ3) is 2.32. The Balaban J connectivity index is 4.25. The van der Waals surface area contributed by atoms with Gasteiger partial charge in [-0.25, -0.2) is 10.3 Å². The predicted octanol–water partition coefficient (Wildman–Crippen LogP) is -2.49. The Morgan fingerprint density at radius 2 is 1.73 bits per heavy atom. The third-order valence-corrected chi connectivity index (χ3v) is 0.808. The molecule has 0 rings (SSSR count). The molecule has 0 aliphatic heterocycles. The van der Waals surface area contributed by atoms with Crippen LogP contribution in [0.5, 0.6) is 0 Å². The van der Waals surface area contributed by atoms with Gasteiger partial charge in [0.15, 0.2) is 0 Å². The molecule has 1 amide bonds. The van der Waals surface area contributed by atoms with Crippen LogP contribution in [0.2, 0.25) is 0 Å². The van der Waals surface area contributed by atoms with Gasteiger partial charge in [0.2, 0.25) is 6.10 Å². The molecule has 0 fully saturated rings. The van der Waals surface area contributed by atoms with Gasteiger partial charge in [-0.15, -0.1) is 0 Å². The second-order valence-corrected chi connectivity index (χ2v) is 1.55. The number of carboxylic acid groups (broad SMARTS) is 1. The van der Waals surface area contributed by atoms with E-state index >= 15 is 0 Å². The summed E-state index contributed by atoms with van der Waals surface area (Å²) in [5, 5.41) is 24.2. The summed E-state index contributed by atoms with van der Waals surface area (Å²) in [5.41, 5.74) is 0.889. The molecule has 0 radical (unpaired) electrons. The van der Waals surface area contributed by atoms with Gasteiger partial charge in [0.25, 0.3) is 5.78 Å². The Hall–Kier alpha value is -1.47. The lowest BCUT2D eigenvalue weighted by Gasteiger charge is -2.00. The molecule has 62 valence electrons. The summed E-state index contributed by atoms with van der Waals surface area (Å²) < 4.78 is 0. The molecule has 7 heteroatoms. The number of aliphatic carboxylic acids is 1. The number of carboxylic acids is 1. The summed E-state index contributed by atoms with van der Waals surface area (Å²) in [4.78, 5) is 30.3. The van der Waals surface area contributed by atoms with Gasteiger partial charge in [-0.2, -0.15) is 0 Å². The van der Waals surface area contributed by atoms with E-state index in [9.17, 15) is 14.4 Å². The number of hydrogen-bond acceptors (Lipinski definition) is 5. The van der Waals surface area contributed by atoms with E-state index < -0.39 is 23.8 Å². The van der Waals surface area contributed by atoms with Crippen LogP contribution in [0.15, 0.2) is 0 Å². The van der Waals surface area contributed by atoms with Gasteiger partial charge in [-0.3, -0.25) is 14.8 Å². The Kier molecular flexibility index (Phi) is 3.15. The van der Waals surface area contributed by atoms with E-state index in [1.807, 2.05) is 0 Å². The van der Waals surface area contributed by atoms with Crippen LogP contribution in [0.4, 0.5) is 0 Å². The Morgan fingerprint density at radius 1 is 1.27 bits per heavy atom. The Labute approximate surface area is 60.2 Å². The maximum absolute atomic E-state index is 10.3. The van der Waals surface area contributed by atoms with E-state index in [1.165, 1.54) is 0 Å². The molecule has 11 heavy (non-hydrogen) atoms. The first-order valence-electron chi connectivity index (χ1n) is 2.40. The van der Waals surface area contributed by atoms with Crippen LogP contribution < -0.4 is 5.48 Å². The van der Waals surface area contributed by atoms with Crippen molar-refractivity contribution in [2.24, 2.45) is 0 Å². The number of Topliss-reactive ketones (excluding diaryl/α,β-unsaturated/α-hetero) is 1. The standard InChI is InChI=1S/C4H5NO6/c6-1(3(8)5-11)2(7)4(9)10/h2,7,11H,(H,5,8)(H,9,10). The maximum atomic E-state index is 10.3. The van der Waals surface area contributed by atoms with Crippen molar-refractivity contribution in [3.63, 3.8) is 0 Å². The third-order valence-electron chi connectivity index (χ3n) is 0.808. The Bertz CT molecular complexity index is 199. The van der Waals surface area contributed by atoms with Crippen molar-refractivity contribution in [3.8, 4) is 0 Å². The van der Waals surface area contributed by atoms with Crippen molar-refractivity contribution < 1.29 is 29.8 Å². The minimum absolute atomic E-state index is 0.889. The average molecular weight is 163 g/mol. The number of hydroxylamine groups is 1. The summed E-state index contributed by atoms with van der Waals surface area (Å²) in [7, 11) is 0. The number of ketones is 1. The van der Waals surface area contributed by atoms with E-state index in [0.717, 1.165) is 5.48 Å². The zero-order valence-electron chi connectivity index (χ0n) is 5.14. The number of rotatable bonds is 3. The number of hydrogen-bond donors (Lipinski definition) is 4. The van der Waals surface area contributed by atoms with Crippen LogP contribution in [-0.2, 0) is 14.4 Å². The van der Waals surface area contributed by atoms with Crippen molar-refractivity contribution in [3.05, 3.63) is 0 Å². The van der Waals surface area contributed by atoms with Crippen LogP contribution in [0.25, 0.3) is 0 Å². The van der Waals surface area contributed by atoms with Crippen LogP contribution in [0.3, 0.4) is 0 Å². The summed E-state index contributed by atoms with van der Waals surface area (Å²) in [5.74, 6) is -5.04. The van der Waals surface area contributed by atoms with Gasteiger partial charge >= 0.3 is 11.9 Å². The number of amides is 1. The highest BCUT2D eigenvalue weighted by molar-refractivity contribution is 6.40. The molecule has 0 aromatic rings. The van der Waals surface area contributed by atoms with E-state index in [1.54, 1.807) is 0 Å². The van der Waals surface area contributed by atoms with E-state index in [4.69, 9.17) is 15.4 Å². The minimum Gasteiger partial charge on any atom is -0.479 e. The van der Waals surface area contributed by atoms with E-state index in [2.05, 4.69) is 0 Å². The molecule has 0 heterocycles. The number of nitrogens with one attached hydrogen (secondary N) is 1. The van der Waals surface area contributed by atoms with Crippen LogP contribution >= 0.6 is 0 Å². The number of carbonyl (C=O) groups is 3. The van der Waals surface area contributed by atoms with Crippen molar-refractivity contribution >= 4 is 17.7 Å². The fourth-order valence-electron chi connectivity index (χ4n) is 0.291. The highest BCUT2D eigenvalue weighted by Gasteiger charge is 2.28. The molecule has 7 nitrogen and oxygen atoms in total. The summed E-state index contributed by atoms with van der Waals surface area (Å²) >= 11 is 0. The molecular formula is C4H5NO6. The lowest BCUT2D eigenvalue weighted by molar-refractivity contribution is -0.158. The smallest absolute Gasteiger partial charge is 0.340 e. The minimum atomic E-state index is -2.43. The summed E-state index contributed by atoms with van der Waals surface area (Å²) in [6.07, 6.45) is -2.43. The largest absolute Gasteiger partial charge is 0.479 e. The van der Waals surface area contributed by atoms with Crippen molar-refractivity contribution in [1.82, 2.24) is 5.48 Å². The molecule has 0 aromatic carbocycles. The molecule has 1 unspecified atom stereocenters. The van der Waals surface area contributed by atoms with Crippen LogP contribution in [-0.4, -0.2) is 39.2 Å². The molecule has 0 saturated heterocycles. The van der Waals surface area contributed by atoms with E-state index in [-0.39, 0.29) is 0 Å². The zero-order valence-corrected chi connectivity index (χ0v) is 5.14. The van der Waals surface area contributed by atoms with Crippen molar-refractivity contribution in [2.75, 3.05) is 0 Å². The number of aliphatic hydroxyl groups is 1. The zero-order chi connectivity index (χ0) is 9.02. The quantitative estimate of drug-likeness (QED) is 0.158. The van der Waals surface area contributed by atoms with Gasteiger partial charge in [0.05, 0.1) is 0 Å². The first-order valence-corrected chi connectivity index (χ1v) is 2.40. The van der Waals surface area contributed by atoms with E-state index in [0.29, 0.717) is 0 Å². The normalized spacial score (nSPS) is 11.8. The molecule has 0 saturated carbocycles. The van der Waals surface area contributed by atoms with Crippen molar-refractivity contribution in [2.45, 2.75) is 6.10 Å². The highest BCUT2D eigenvalue weighted by atomic mass is 16.5. The van der Waals surface area contributed by atoms with Crippen LogP contribution in [0.1, 0.15) is 0 Å². The second-order valence-electron chi connectivity index (χ2n) is 1.55. The topological polar surface area (TPSA) is 124 Å². The van der Waals surface area contributed by atoms with Gasteiger partial charge in [0, 0.05) is 0 Å². The molecule has 0 spiro atoms. The van der Waals surface area contributed by atoms with Crippen molar-refractivity contribution in [1.29, 1.82) is 0 Å². The first kappa shape index (κ1) is 9.53. The molecule has 0 aliphatic carbocycles. The van der Waals surface area contributed by atoms with Gasteiger partial charge in [-0.05, 0) is 0 Å². The summed E-state index contributed by atoms with van der Waals surface area (Å²) in [6.45, 7) is 0. The molecule has 0 aliphatic rings. The van der Waals surface area contributed by atoms with Gasteiger partial charge in [0.1, 0.15) is 0 Å². The first-order chi connectivity index (χ1) is 5.00. The molecular weight excluding hydrogens is 158 g/mol. The second kappa shape index (κ2) is 3.64. The Morgan fingerprint density at radius 3 is 2.00 bits per heavy atom. The fourth-order valence-corrected chi connectivity index (χ4v) is 0.291. The SMILES string of the molecule is O=C(NO)C(=O)C(O)C(=O)O. The lowest BCUT2D eigenvalue weighted by atomic mass is 10.2. The predicted molar refractivity (Wildman–Crippen MR) is 28.6 cm³/mol. The average Bonchev–Trinajstić information content (AvgIpc) is 2.00. The monoisotopic (exact) mass is 163 g/mol. The molecule has 1 atom stereocenters. The molecule has 4 N–H and O–H groups in total. The molecule has 0 aromatic heterocycles. The van der Waals surface area contributed by atoms with Gasteiger partial charge in [-0.1, -0.05) is 0 Å². The maximum Gasteiger partial charge on any atom is 0.340 e. The number of carbonyl (C=O) groups excluding carboxylic acids is 2. The van der Waals surface area contributed by atoms with Crippen LogP contribution in [0, 0.1) is 0 Å². The lowest BCUT2D eigenvalue weighted by Crippen LogP contribution is -2.40.